The Kier molecular flexibility index (Phi) is 2.10. The van der Waals surface area contributed by atoms with Gasteiger partial charge in [0, 0.05) is 0 Å². The molecule has 1 rings (SSSR count). The molecule has 0 aromatic rings. The monoisotopic (exact) mass is 122 g/mol. The van der Waals surface area contributed by atoms with Crippen LogP contribution >= 0.6 is 0 Å². The smallest absolute Gasteiger partial charge is 0.0169 e. The van der Waals surface area contributed by atoms with Gasteiger partial charge in [-0.25, -0.2) is 0 Å². The zero-order valence-electron chi connectivity index (χ0n) is 6.06. The van der Waals surface area contributed by atoms with Crippen molar-refractivity contribution in [1.29, 1.82) is 0 Å². The molecular weight excluding hydrogens is 108 g/mol. The highest BCUT2D eigenvalue weighted by atomic mass is 14.2. The second kappa shape index (κ2) is 2.86. The molecule has 0 fully saturated rings. The predicted molar refractivity (Wildman–Crippen MR) is 41.3 cm³/mol. The van der Waals surface area contributed by atoms with Crippen molar-refractivity contribution < 1.29 is 0 Å². The van der Waals surface area contributed by atoms with Crippen LogP contribution in [0.15, 0.2) is 24.3 Å². The van der Waals surface area contributed by atoms with Gasteiger partial charge < -0.3 is 0 Å². The molecule has 0 saturated carbocycles. The molecule has 0 amide bonds. The molecule has 0 radical (unpaired) electrons. The fourth-order valence-electron chi connectivity index (χ4n) is 1.41. The van der Waals surface area contributed by atoms with E-state index in [0.717, 1.165) is 5.92 Å². The lowest BCUT2D eigenvalue weighted by atomic mass is 9.99. The first-order valence-electron chi connectivity index (χ1n) is 3.62. The van der Waals surface area contributed by atoms with Gasteiger partial charge in [0.05, 0.1) is 0 Å². The Morgan fingerprint density at radius 1 is 1.89 bits per heavy atom. The Labute approximate surface area is 57.3 Å². The quantitative estimate of drug-likeness (QED) is 0.494. The summed E-state index contributed by atoms with van der Waals surface area (Å²) in [5.74, 6) is 0.822. The van der Waals surface area contributed by atoms with E-state index in [-0.39, 0.29) is 0 Å². The third-order valence-corrected chi connectivity index (χ3v) is 2.08. The molecule has 0 saturated heterocycles. The van der Waals surface area contributed by atoms with Crippen LogP contribution in [0.5, 0.6) is 0 Å². The first-order chi connectivity index (χ1) is 4.34. The average molecular weight is 122 g/mol. The summed E-state index contributed by atoms with van der Waals surface area (Å²) in [5, 5.41) is 0. The van der Waals surface area contributed by atoms with Crippen molar-refractivity contribution in [2.45, 2.75) is 26.2 Å². The zero-order chi connectivity index (χ0) is 6.69. The molecule has 0 aromatic heterocycles. The summed E-state index contributed by atoms with van der Waals surface area (Å²) in [5.41, 5.74) is 1.56. The maximum absolute atomic E-state index is 3.73. The van der Waals surface area contributed by atoms with Gasteiger partial charge in [-0.3, -0.25) is 0 Å². The van der Waals surface area contributed by atoms with Crippen LogP contribution in [0.1, 0.15) is 26.2 Å². The van der Waals surface area contributed by atoms with Crippen molar-refractivity contribution in [3.8, 4) is 0 Å². The minimum Gasteiger partial charge on any atom is -0.103 e. The van der Waals surface area contributed by atoms with Crippen LogP contribution in [0, 0.1) is 5.92 Å². The van der Waals surface area contributed by atoms with Crippen LogP contribution < -0.4 is 0 Å². The standard InChI is InChI=1S/C9H14/c1-3-5-9-7-4-6-8(9)2/h3,6,9H,1,4-5,7H2,2H3/t9-/m1/s1. The first kappa shape index (κ1) is 6.60. The second-order valence-corrected chi connectivity index (χ2v) is 2.75. The Morgan fingerprint density at radius 2 is 2.67 bits per heavy atom. The summed E-state index contributed by atoms with van der Waals surface area (Å²) in [6, 6.07) is 0. The van der Waals surface area contributed by atoms with Gasteiger partial charge >= 0.3 is 0 Å². The Hall–Kier alpha value is -0.520. The Balaban J connectivity index is 2.42. The van der Waals surface area contributed by atoms with Gasteiger partial charge in [0.2, 0.25) is 0 Å². The van der Waals surface area contributed by atoms with Gasteiger partial charge in [0.25, 0.3) is 0 Å². The molecule has 0 bridgehead atoms. The lowest BCUT2D eigenvalue weighted by Gasteiger charge is -2.06. The van der Waals surface area contributed by atoms with Gasteiger partial charge in [-0.05, 0) is 32.1 Å². The van der Waals surface area contributed by atoms with Crippen molar-refractivity contribution >= 4 is 0 Å². The summed E-state index contributed by atoms with van der Waals surface area (Å²) in [6.45, 7) is 5.95. The van der Waals surface area contributed by atoms with Crippen LogP contribution in [0.3, 0.4) is 0 Å². The number of allylic oxidation sites excluding steroid dienone is 3. The van der Waals surface area contributed by atoms with Gasteiger partial charge in [-0.1, -0.05) is 17.7 Å². The largest absolute Gasteiger partial charge is 0.103 e. The maximum Gasteiger partial charge on any atom is -0.0169 e. The van der Waals surface area contributed by atoms with E-state index in [0.29, 0.717) is 0 Å². The van der Waals surface area contributed by atoms with E-state index in [1.165, 1.54) is 19.3 Å². The lowest BCUT2D eigenvalue weighted by Crippen LogP contribution is -1.93. The van der Waals surface area contributed by atoms with Crippen LogP contribution in [0.2, 0.25) is 0 Å². The van der Waals surface area contributed by atoms with Crippen molar-refractivity contribution in [2.75, 3.05) is 0 Å². The molecule has 0 nitrogen and oxygen atoms in total. The normalized spacial score (nSPS) is 25.9. The molecule has 0 spiro atoms. The van der Waals surface area contributed by atoms with E-state index in [9.17, 15) is 0 Å². The number of hydrogen-bond acceptors (Lipinski definition) is 0. The number of rotatable bonds is 2. The highest BCUT2D eigenvalue weighted by molar-refractivity contribution is 5.10. The minimum atomic E-state index is 0.822. The molecule has 1 aliphatic carbocycles. The van der Waals surface area contributed by atoms with Crippen LogP contribution in [-0.2, 0) is 0 Å². The minimum absolute atomic E-state index is 0.822. The van der Waals surface area contributed by atoms with Gasteiger partial charge in [-0.15, -0.1) is 6.58 Å². The average Bonchev–Trinajstić information content (AvgIpc) is 2.18. The highest BCUT2D eigenvalue weighted by Crippen LogP contribution is 2.27. The van der Waals surface area contributed by atoms with Crippen molar-refractivity contribution in [3.63, 3.8) is 0 Å². The van der Waals surface area contributed by atoms with E-state index in [1.807, 2.05) is 6.08 Å². The Bertz CT molecular complexity index is 131. The summed E-state index contributed by atoms with van der Waals surface area (Å²) in [4.78, 5) is 0. The van der Waals surface area contributed by atoms with Crippen molar-refractivity contribution in [3.05, 3.63) is 24.3 Å². The van der Waals surface area contributed by atoms with Crippen LogP contribution in [-0.4, -0.2) is 0 Å². The molecular formula is C9H14. The molecule has 0 aromatic carbocycles. The van der Waals surface area contributed by atoms with Crippen molar-refractivity contribution in [2.24, 2.45) is 5.92 Å². The molecule has 1 aliphatic rings. The van der Waals surface area contributed by atoms with E-state index >= 15 is 0 Å². The molecule has 0 N–H and O–H groups in total. The molecule has 0 heteroatoms. The molecule has 9 heavy (non-hydrogen) atoms. The summed E-state index contributed by atoms with van der Waals surface area (Å²) in [6.07, 6.45) is 8.16. The maximum atomic E-state index is 3.73. The van der Waals surface area contributed by atoms with Gasteiger partial charge in [0.15, 0.2) is 0 Å². The van der Waals surface area contributed by atoms with Crippen LogP contribution in [0.4, 0.5) is 0 Å². The van der Waals surface area contributed by atoms with Crippen molar-refractivity contribution in [1.82, 2.24) is 0 Å². The van der Waals surface area contributed by atoms with Crippen LogP contribution in [0.25, 0.3) is 0 Å². The second-order valence-electron chi connectivity index (χ2n) is 2.75. The summed E-state index contributed by atoms with van der Waals surface area (Å²) in [7, 11) is 0. The fraction of sp³-hybridized carbons (Fsp3) is 0.556. The zero-order valence-corrected chi connectivity index (χ0v) is 6.06. The van der Waals surface area contributed by atoms with Gasteiger partial charge in [0.1, 0.15) is 0 Å². The summed E-state index contributed by atoms with van der Waals surface area (Å²) < 4.78 is 0. The molecule has 0 heterocycles. The third-order valence-electron chi connectivity index (χ3n) is 2.08. The predicted octanol–water partition coefficient (Wildman–Crippen LogP) is 2.92. The fourth-order valence-corrected chi connectivity index (χ4v) is 1.41. The van der Waals surface area contributed by atoms with E-state index in [4.69, 9.17) is 0 Å². The molecule has 0 unspecified atom stereocenters. The Morgan fingerprint density at radius 3 is 3.11 bits per heavy atom. The molecule has 0 aliphatic heterocycles. The van der Waals surface area contributed by atoms with E-state index in [2.05, 4.69) is 19.6 Å². The van der Waals surface area contributed by atoms with E-state index < -0.39 is 0 Å². The molecule has 1 atom stereocenters. The topological polar surface area (TPSA) is 0 Å². The van der Waals surface area contributed by atoms with Gasteiger partial charge in [-0.2, -0.15) is 0 Å². The summed E-state index contributed by atoms with van der Waals surface area (Å²) >= 11 is 0. The first-order valence-corrected chi connectivity index (χ1v) is 3.62. The molecule has 50 valence electrons. The number of hydrogen-bond donors (Lipinski definition) is 0. The highest BCUT2D eigenvalue weighted by Gasteiger charge is 2.12. The van der Waals surface area contributed by atoms with E-state index in [1.54, 1.807) is 5.57 Å². The third kappa shape index (κ3) is 1.44. The lowest BCUT2D eigenvalue weighted by molar-refractivity contribution is 0.615. The SMILES string of the molecule is C=CC[C@@H]1CCC=C1C.